The van der Waals surface area contributed by atoms with E-state index in [-0.39, 0.29) is 23.9 Å². The first-order valence-electron chi connectivity index (χ1n) is 9.25. The highest BCUT2D eigenvalue weighted by molar-refractivity contribution is 6.30. The largest absolute Gasteiger partial charge is 0.481 e. The molecular weight excluding hydrogens is 383 g/mol. The molecule has 3 rings (SSSR count). The molecule has 1 amide bonds. The van der Waals surface area contributed by atoms with E-state index in [4.69, 9.17) is 21.1 Å². The predicted molar refractivity (Wildman–Crippen MR) is 109 cm³/mol. The predicted octanol–water partition coefficient (Wildman–Crippen LogP) is 4.50. The molecule has 5 nitrogen and oxygen atoms in total. The second-order valence-electron chi connectivity index (χ2n) is 7.03. The molecule has 0 radical (unpaired) electrons. The third kappa shape index (κ3) is 5.14. The number of carbonyl (C=O) groups excluding carboxylic acids is 1. The zero-order valence-electron chi connectivity index (χ0n) is 16.1. The van der Waals surface area contributed by atoms with E-state index >= 15 is 0 Å². The average molecular weight is 407 g/mol. The van der Waals surface area contributed by atoms with Crippen molar-refractivity contribution in [1.29, 1.82) is 0 Å². The third-order valence-corrected chi connectivity index (χ3v) is 4.72. The zero-order chi connectivity index (χ0) is 20.3. The van der Waals surface area contributed by atoms with Gasteiger partial charge in [-0.15, -0.1) is 0 Å². The molecule has 0 bridgehead atoms. The van der Waals surface area contributed by atoms with E-state index < -0.39 is 6.10 Å². The Morgan fingerprint density at radius 2 is 1.86 bits per heavy atom. The number of morpholine rings is 1. The van der Waals surface area contributed by atoms with Gasteiger partial charge in [-0.25, -0.2) is 4.39 Å². The lowest BCUT2D eigenvalue weighted by molar-refractivity contribution is -0.122. The van der Waals surface area contributed by atoms with Crippen LogP contribution >= 0.6 is 11.6 Å². The van der Waals surface area contributed by atoms with Crippen molar-refractivity contribution in [3.8, 4) is 5.75 Å². The van der Waals surface area contributed by atoms with Crippen LogP contribution in [0, 0.1) is 5.82 Å². The Kier molecular flexibility index (Phi) is 6.42. The minimum Gasteiger partial charge on any atom is -0.481 e. The maximum absolute atomic E-state index is 14.6. The molecule has 2 aromatic carbocycles. The summed E-state index contributed by atoms with van der Waals surface area (Å²) in [5.41, 5.74) is 0.887. The molecule has 1 heterocycles. The molecule has 7 heteroatoms. The number of benzene rings is 2. The molecule has 1 N–H and O–H groups in total. The summed E-state index contributed by atoms with van der Waals surface area (Å²) in [5, 5.41) is 3.28. The van der Waals surface area contributed by atoms with E-state index in [1.807, 2.05) is 18.7 Å². The zero-order valence-corrected chi connectivity index (χ0v) is 16.9. The Balaban J connectivity index is 1.63. The van der Waals surface area contributed by atoms with Crippen molar-refractivity contribution in [2.24, 2.45) is 0 Å². The van der Waals surface area contributed by atoms with E-state index in [1.54, 1.807) is 43.3 Å². The van der Waals surface area contributed by atoms with E-state index in [0.29, 0.717) is 35.2 Å². The summed E-state index contributed by atoms with van der Waals surface area (Å²) in [6, 6.07) is 11.4. The standard InChI is InChI=1S/C21H24ClFN2O3/c1-13-11-25(12-14(2)27-13)20-9-6-17(10-19(20)23)24-21(26)15(3)28-18-7-4-16(22)5-8-18/h4-10,13-15H,11-12H2,1-3H3,(H,24,26). The molecule has 0 aliphatic carbocycles. The van der Waals surface area contributed by atoms with Gasteiger partial charge < -0.3 is 19.7 Å². The van der Waals surface area contributed by atoms with Gasteiger partial charge >= 0.3 is 0 Å². The Morgan fingerprint density at radius 3 is 2.46 bits per heavy atom. The maximum Gasteiger partial charge on any atom is 0.265 e. The first-order chi connectivity index (χ1) is 13.3. The van der Waals surface area contributed by atoms with Gasteiger partial charge in [0.05, 0.1) is 17.9 Å². The number of carbonyl (C=O) groups is 1. The van der Waals surface area contributed by atoms with Crippen molar-refractivity contribution < 1.29 is 18.7 Å². The van der Waals surface area contributed by atoms with Crippen molar-refractivity contribution in [2.45, 2.75) is 39.1 Å². The molecule has 1 aliphatic rings. The second kappa shape index (κ2) is 8.80. The number of nitrogens with one attached hydrogen (secondary N) is 1. The SMILES string of the molecule is CC1CN(c2ccc(NC(=O)C(C)Oc3ccc(Cl)cc3)cc2F)CC(C)O1. The van der Waals surface area contributed by atoms with E-state index in [1.165, 1.54) is 6.07 Å². The Bertz CT molecular complexity index is 821. The van der Waals surface area contributed by atoms with Crippen molar-refractivity contribution in [3.63, 3.8) is 0 Å². The molecule has 3 unspecified atom stereocenters. The quantitative estimate of drug-likeness (QED) is 0.794. The summed E-state index contributed by atoms with van der Waals surface area (Å²) in [6.45, 7) is 6.82. The average Bonchev–Trinajstić information content (AvgIpc) is 2.62. The van der Waals surface area contributed by atoms with Gasteiger partial charge in [-0.1, -0.05) is 11.6 Å². The molecule has 0 saturated carbocycles. The van der Waals surface area contributed by atoms with Crippen LogP contribution in [0.1, 0.15) is 20.8 Å². The summed E-state index contributed by atoms with van der Waals surface area (Å²) >= 11 is 5.84. The van der Waals surface area contributed by atoms with Crippen LogP contribution in [0.25, 0.3) is 0 Å². The highest BCUT2D eigenvalue weighted by atomic mass is 35.5. The molecule has 1 saturated heterocycles. The third-order valence-electron chi connectivity index (χ3n) is 4.47. The summed E-state index contributed by atoms with van der Waals surface area (Å²) in [5.74, 6) is -0.217. The van der Waals surface area contributed by atoms with Gasteiger partial charge in [0.15, 0.2) is 6.10 Å². The highest BCUT2D eigenvalue weighted by Crippen LogP contribution is 2.26. The maximum atomic E-state index is 14.6. The van der Waals surface area contributed by atoms with Crippen LogP contribution in [0.5, 0.6) is 5.75 Å². The van der Waals surface area contributed by atoms with Gasteiger partial charge in [0, 0.05) is 23.8 Å². The fourth-order valence-electron chi connectivity index (χ4n) is 3.23. The van der Waals surface area contributed by atoms with Crippen molar-refractivity contribution in [3.05, 3.63) is 53.3 Å². The molecule has 150 valence electrons. The monoisotopic (exact) mass is 406 g/mol. The topological polar surface area (TPSA) is 50.8 Å². The first kappa shape index (κ1) is 20.4. The van der Waals surface area contributed by atoms with Gasteiger partial charge in [0.2, 0.25) is 0 Å². The summed E-state index contributed by atoms with van der Waals surface area (Å²) < 4.78 is 25.9. The van der Waals surface area contributed by atoms with Crippen LogP contribution in [-0.2, 0) is 9.53 Å². The molecule has 0 spiro atoms. The first-order valence-corrected chi connectivity index (χ1v) is 9.62. The molecule has 1 fully saturated rings. The van der Waals surface area contributed by atoms with Crippen molar-refractivity contribution in [2.75, 3.05) is 23.3 Å². The Hall–Kier alpha value is -2.31. The van der Waals surface area contributed by atoms with Crippen molar-refractivity contribution in [1.82, 2.24) is 0 Å². The van der Waals surface area contributed by atoms with Gasteiger partial charge in [-0.2, -0.15) is 0 Å². The van der Waals surface area contributed by atoms with Gasteiger partial charge in [0.1, 0.15) is 11.6 Å². The number of anilines is 2. The Morgan fingerprint density at radius 1 is 1.21 bits per heavy atom. The minimum absolute atomic E-state index is 0.0356. The number of halogens is 2. The fraction of sp³-hybridized carbons (Fsp3) is 0.381. The van der Waals surface area contributed by atoms with E-state index in [0.717, 1.165) is 0 Å². The number of hydrogen-bond acceptors (Lipinski definition) is 4. The van der Waals surface area contributed by atoms with Crippen LogP contribution in [0.4, 0.5) is 15.8 Å². The smallest absolute Gasteiger partial charge is 0.265 e. The van der Waals surface area contributed by atoms with E-state index in [2.05, 4.69) is 5.32 Å². The molecule has 1 aliphatic heterocycles. The fourth-order valence-corrected chi connectivity index (χ4v) is 3.36. The lowest BCUT2D eigenvalue weighted by atomic mass is 10.1. The molecule has 28 heavy (non-hydrogen) atoms. The molecule has 3 atom stereocenters. The van der Waals surface area contributed by atoms with Crippen LogP contribution in [-0.4, -0.2) is 37.3 Å². The van der Waals surface area contributed by atoms with Gasteiger partial charge in [0.25, 0.3) is 5.91 Å². The van der Waals surface area contributed by atoms with Crippen LogP contribution in [0.3, 0.4) is 0 Å². The lowest BCUT2D eigenvalue weighted by Gasteiger charge is -2.37. The second-order valence-corrected chi connectivity index (χ2v) is 7.47. The normalized spacial score (nSPS) is 20.5. The summed E-state index contributed by atoms with van der Waals surface area (Å²) in [6.07, 6.45) is -0.674. The number of ether oxygens (including phenoxy) is 2. The van der Waals surface area contributed by atoms with E-state index in [9.17, 15) is 9.18 Å². The number of hydrogen-bond donors (Lipinski definition) is 1. The summed E-state index contributed by atoms with van der Waals surface area (Å²) in [7, 11) is 0. The van der Waals surface area contributed by atoms with Crippen LogP contribution < -0.4 is 15.0 Å². The molecular formula is C21H24ClFN2O3. The number of rotatable bonds is 5. The van der Waals surface area contributed by atoms with Crippen LogP contribution in [0.2, 0.25) is 5.02 Å². The van der Waals surface area contributed by atoms with Gasteiger partial charge in [-0.3, -0.25) is 4.79 Å². The minimum atomic E-state index is -0.746. The number of amides is 1. The van der Waals surface area contributed by atoms with Crippen LogP contribution in [0.15, 0.2) is 42.5 Å². The molecule has 0 aromatic heterocycles. The van der Waals surface area contributed by atoms with Gasteiger partial charge in [-0.05, 0) is 63.2 Å². The molecule has 2 aromatic rings. The van der Waals surface area contributed by atoms with Crippen molar-refractivity contribution >= 4 is 28.9 Å². The lowest BCUT2D eigenvalue weighted by Crippen LogP contribution is -2.45. The summed E-state index contributed by atoms with van der Waals surface area (Å²) in [4.78, 5) is 14.3. The Labute approximate surface area is 169 Å². The number of nitrogens with zero attached hydrogens (tertiary/aromatic N) is 1. The highest BCUT2D eigenvalue weighted by Gasteiger charge is 2.24.